The molecule has 27 heavy (non-hydrogen) atoms. The molecule has 2 amide bonds. The van der Waals surface area contributed by atoms with Crippen LogP contribution in [0.15, 0.2) is 42.7 Å². The molecular weight excluding hydrogens is 368 g/mol. The monoisotopic (exact) mass is 388 g/mol. The van der Waals surface area contributed by atoms with Gasteiger partial charge in [0.15, 0.2) is 0 Å². The molecule has 2 heterocycles. The molecular formula is C19H21ClN4O3. The topological polar surface area (TPSA) is 74.8 Å². The van der Waals surface area contributed by atoms with E-state index in [-0.39, 0.29) is 12.0 Å². The van der Waals surface area contributed by atoms with E-state index in [0.29, 0.717) is 49.1 Å². The second-order valence-electron chi connectivity index (χ2n) is 6.05. The first-order chi connectivity index (χ1) is 13.1. The Balaban J connectivity index is 1.64. The second kappa shape index (κ2) is 8.73. The number of rotatable bonds is 4. The van der Waals surface area contributed by atoms with Gasteiger partial charge in [0.25, 0.3) is 5.91 Å². The van der Waals surface area contributed by atoms with Crippen LogP contribution in [-0.2, 0) is 4.74 Å². The zero-order valence-corrected chi connectivity index (χ0v) is 15.8. The molecule has 2 aromatic rings. The summed E-state index contributed by atoms with van der Waals surface area (Å²) < 4.78 is 5.00. The average molecular weight is 389 g/mol. The van der Waals surface area contributed by atoms with Gasteiger partial charge in [-0.05, 0) is 25.1 Å². The van der Waals surface area contributed by atoms with Gasteiger partial charge >= 0.3 is 6.09 Å². The van der Waals surface area contributed by atoms with Crippen molar-refractivity contribution >= 4 is 35.0 Å². The maximum Gasteiger partial charge on any atom is 0.409 e. The number of halogens is 1. The highest BCUT2D eigenvalue weighted by Gasteiger charge is 2.25. The van der Waals surface area contributed by atoms with E-state index in [1.54, 1.807) is 35.1 Å². The van der Waals surface area contributed by atoms with E-state index in [1.807, 2.05) is 18.2 Å². The van der Waals surface area contributed by atoms with Crippen molar-refractivity contribution in [2.24, 2.45) is 0 Å². The van der Waals surface area contributed by atoms with Crippen molar-refractivity contribution in [2.75, 3.05) is 38.1 Å². The molecule has 1 N–H and O–H groups in total. The summed E-state index contributed by atoms with van der Waals surface area (Å²) in [5.41, 5.74) is 1.91. The summed E-state index contributed by atoms with van der Waals surface area (Å²) in [6, 6.07) is 9.11. The normalized spacial score (nSPS) is 14.0. The van der Waals surface area contributed by atoms with Crippen LogP contribution in [0.5, 0.6) is 0 Å². The first-order valence-electron chi connectivity index (χ1n) is 8.76. The lowest BCUT2D eigenvalue weighted by atomic mass is 10.2. The van der Waals surface area contributed by atoms with Crippen LogP contribution in [-0.4, -0.2) is 59.6 Å². The number of para-hydroxylation sites is 1. The van der Waals surface area contributed by atoms with E-state index in [1.165, 1.54) is 6.20 Å². The van der Waals surface area contributed by atoms with Crippen LogP contribution >= 0.6 is 11.6 Å². The van der Waals surface area contributed by atoms with Crippen LogP contribution in [0.2, 0.25) is 5.02 Å². The molecule has 0 unspecified atom stereocenters. The first kappa shape index (κ1) is 19.0. The summed E-state index contributed by atoms with van der Waals surface area (Å²) >= 11 is 6.16. The van der Waals surface area contributed by atoms with Crippen LogP contribution < -0.4 is 5.32 Å². The molecule has 1 aromatic heterocycles. The Labute approximate surface area is 162 Å². The van der Waals surface area contributed by atoms with E-state index in [2.05, 4.69) is 10.3 Å². The molecule has 1 saturated heterocycles. The molecule has 1 aromatic carbocycles. The summed E-state index contributed by atoms with van der Waals surface area (Å²) in [7, 11) is 0. The molecule has 7 nitrogen and oxygen atoms in total. The molecule has 0 radical (unpaired) electrons. The molecule has 0 aliphatic carbocycles. The van der Waals surface area contributed by atoms with Crippen LogP contribution in [0.1, 0.15) is 17.3 Å². The Kier molecular flexibility index (Phi) is 6.13. The maximum absolute atomic E-state index is 12.8. The first-order valence-corrected chi connectivity index (χ1v) is 9.14. The third-order valence-electron chi connectivity index (χ3n) is 4.23. The van der Waals surface area contributed by atoms with E-state index in [0.717, 1.165) is 5.69 Å². The molecule has 0 saturated carbocycles. The summed E-state index contributed by atoms with van der Waals surface area (Å²) in [4.78, 5) is 32.0. The third kappa shape index (κ3) is 4.68. The number of hydrogen-bond donors (Lipinski definition) is 1. The quantitative estimate of drug-likeness (QED) is 0.868. The van der Waals surface area contributed by atoms with Crippen molar-refractivity contribution in [2.45, 2.75) is 6.92 Å². The maximum atomic E-state index is 12.8. The fourth-order valence-electron chi connectivity index (χ4n) is 2.83. The third-order valence-corrected chi connectivity index (χ3v) is 4.56. The molecule has 0 bridgehead atoms. The summed E-state index contributed by atoms with van der Waals surface area (Å²) in [6.07, 6.45) is 2.84. The lowest BCUT2D eigenvalue weighted by Crippen LogP contribution is -2.50. The number of pyridine rings is 1. The van der Waals surface area contributed by atoms with Crippen molar-refractivity contribution in [3.63, 3.8) is 0 Å². The highest BCUT2D eigenvalue weighted by atomic mass is 35.5. The van der Waals surface area contributed by atoms with Gasteiger partial charge in [0.1, 0.15) is 0 Å². The number of anilines is 2. The van der Waals surface area contributed by atoms with E-state index < -0.39 is 0 Å². The Hall–Kier alpha value is -2.80. The summed E-state index contributed by atoms with van der Waals surface area (Å²) in [5.74, 6) is -0.117. The number of amides is 2. The molecule has 0 atom stereocenters. The summed E-state index contributed by atoms with van der Waals surface area (Å²) in [5, 5.41) is 3.76. The van der Waals surface area contributed by atoms with Gasteiger partial charge < -0.3 is 19.9 Å². The predicted molar refractivity (Wildman–Crippen MR) is 103 cm³/mol. The minimum absolute atomic E-state index is 0.117. The number of piperazine rings is 1. The van der Waals surface area contributed by atoms with Crippen molar-refractivity contribution in [1.29, 1.82) is 0 Å². The van der Waals surface area contributed by atoms with Gasteiger partial charge in [-0.3, -0.25) is 9.78 Å². The van der Waals surface area contributed by atoms with Gasteiger partial charge in [-0.1, -0.05) is 23.7 Å². The van der Waals surface area contributed by atoms with E-state index in [9.17, 15) is 9.59 Å². The van der Waals surface area contributed by atoms with Crippen LogP contribution in [0.25, 0.3) is 0 Å². The Morgan fingerprint density at radius 3 is 2.56 bits per heavy atom. The number of ether oxygens (including phenoxy) is 1. The van der Waals surface area contributed by atoms with Crippen LogP contribution in [0, 0.1) is 0 Å². The summed E-state index contributed by atoms with van der Waals surface area (Å²) in [6.45, 7) is 3.94. The molecule has 8 heteroatoms. The zero-order valence-electron chi connectivity index (χ0n) is 15.0. The lowest BCUT2D eigenvalue weighted by Gasteiger charge is -2.34. The molecule has 142 valence electrons. The molecule has 1 aliphatic rings. The molecule has 1 aliphatic heterocycles. The molecule has 0 spiro atoms. The smallest absolute Gasteiger partial charge is 0.409 e. The van der Waals surface area contributed by atoms with Gasteiger partial charge in [0, 0.05) is 32.4 Å². The fraction of sp³-hybridized carbons (Fsp3) is 0.316. The largest absolute Gasteiger partial charge is 0.450 e. The van der Waals surface area contributed by atoms with Crippen molar-refractivity contribution in [3.8, 4) is 0 Å². The van der Waals surface area contributed by atoms with Gasteiger partial charge in [0.2, 0.25) is 0 Å². The SMILES string of the molecule is CCOC(=O)N1CCN(C(=O)c2cncc(Nc3ccccc3Cl)c2)CC1. The fourth-order valence-corrected chi connectivity index (χ4v) is 3.02. The Morgan fingerprint density at radius 1 is 1.15 bits per heavy atom. The average Bonchev–Trinajstić information content (AvgIpc) is 2.70. The number of nitrogens with one attached hydrogen (secondary N) is 1. The lowest BCUT2D eigenvalue weighted by molar-refractivity contribution is 0.0570. The predicted octanol–water partition coefficient (Wildman–Crippen LogP) is 3.39. The Morgan fingerprint density at radius 2 is 1.85 bits per heavy atom. The Bertz CT molecular complexity index is 822. The van der Waals surface area contributed by atoms with E-state index in [4.69, 9.17) is 16.3 Å². The van der Waals surface area contributed by atoms with Gasteiger partial charge in [-0.2, -0.15) is 0 Å². The highest BCUT2D eigenvalue weighted by Crippen LogP contribution is 2.25. The van der Waals surface area contributed by atoms with Gasteiger partial charge in [0.05, 0.1) is 34.8 Å². The van der Waals surface area contributed by atoms with Crippen LogP contribution in [0.4, 0.5) is 16.2 Å². The zero-order chi connectivity index (χ0) is 19.2. The highest BCUT2D eigenvalue weighted by molar-refractivity contribution is 6.33. The van der Waals surface area contributed by atoms with Gasteiger partial charge in [-0.15, -0.1) is 0 Å². The number of aromatic nitrogens is 1. The van der Waals surface area contributed by atoms with Crippen molar-refractivity contribution in [3.05, 3.63) is 53.3 Å². The van der Waals surface area contributed by atoms with Crippen LogP contribution in [0.3, 0.4) is 0 Å². The minimum Gasteiger partial charge on any atom is -0.450 e. The number of hydrogen-bond acceptors (Lipinski definition) is 5. The van der Waals surface area contributed by atoms with E-state index >= 15 is 0 Å². The molecule has 1 fully saturated rings. The standard InChI is InChI=1S/C19H21ClN4O3/c1-2-27-19(26)24-9-7-23(8-10-24)18(25)14-11-15(13-21-12-14)22-17-6-4-3-5-16(17)20/h3-6,11-13,22H,2,7-10H2,1H3. The minimum atomic E-state index is -0.336. The number of carbonyl (C=O) groups excluding carboxylic acids is 2. The number of benzene rings is 1. The second-order valence-corrected chi connectivity index (χ2v) is 6.45. The van der Waals surface area contributed by atoms with Gasteiger partial charge in [-0.25, -0.2) is 4.79 Å². The van der Waals surface area contributed by atoms with Crippen molar-refractivity contribution in [1.82, 2.24) is 14.8 Å². The number of carbonyl (C=O) groups is 2. The molecule has 3 rings (SSSR count). The van der Waals surface area contributed by atoms with Crippen molar-refractivity contribution < 1.29 is 14.3 Å². The number of nitrogens with zero attached hydrogens (tertiary/aromatic N) is 3.